The third kappa shape index (κ3) is 5.97. The summed E-state index contributed by atoms with van der Waals surface area (Å²) in [5.41, 5.74) is 3.88. The molecule has 2 heterocycles. The van der Waals surface area contributed by atoms with Crippen molar-refractivity contribution >= 4 is 16.9 Å². The first-order valence-corrected chi connectivity index (χ1v) is 10.5. The van der Waals surface area contributed by atoms with Gasteiger partial charge < -0.3 is 25.1 Å². The lowest BCUT2D eigenvalue weighted by atomic mass is 10.1. The Morgan fingerprint density at radius 3 is 2.96 bits per heavy atom. The first-order valence-electron chi connectivity index (χ1n) is 10.5. The standard InChI is InChI=1S/C22H34N4O2/c1-3-23-22(24-11-5-13-28-19-9-14-27-15-10-19)25-12-8-18-16-26-20-7-4-6-17(2)21(18)20/h4,6-7,16,19,26H,3,5,8-15H2,1-2H3,(H2,23,24,25). The largest absolute Gasteiger partial charge is 0.381 e. The summed E-state index contributed by atoms with van der Waals surface area (Å²) in [7, 11) is 0. The third-order valence-electron chi connectivity index (χ3n) is 5.12. The summed E-state index contributed by atoms with van der Waals surface area (Å²) < 4.78 is 11.3. The van der Waals surface area contributed by atoms with Gasteiger partial charge in [-0.1, -0.05) is 12.1 Å². The lowest BCUT2D eigenvalue weighted by Gasteiger charge is -2.22. The lowest BCUT2D eigenvalue weighted by Crippen LogP contribution is -2.38. The van der Waals surface area contributed by atoms with Crippen LogP contribution in [-0.4, -0.2) is 56.5 Å². The van der Waals surface area contributed by atoms with Crippen molar-refractivity contribution in [3.05, 3.63) is 35.5 Å². The van der Waals surface area contributed by atoms with E-state index in [9.17, 15) is 0 Å². The predicted molar refractivity (Wildman–Crippen MR) is 115 cm³/mol. The van der Waals surface area contributed by atoms with Crippen LogP contribution in [-0.2, 0) is 15.9 Å². The monoisotopic (exact) mass is 386 g/mol. The van der Waals surface area contributed by atoms with Gasteiger partial charge in [-0.2, -0.15) is 0 Å². The zero-order chi connectivity index (χ0) is 19.6. The number of hydrogen-bond acceptors (Lipinski definition) is 3. The summed E-state index contributed by atoms with van der Waals surface area (Å²) in [6, 6.07) is 6.39. The minimum Gasteiger partial charge on any atom is -0.381 e. The number of guanidine groups is 1. The van der Waals surface area contributed by atoms with Gasteiger partial charge in [0, 0.05) is 56.6 Å². The number of rotatable bonds is 9. The van der Waals surface area contributed by atoms with E-state index in [1.54, 1.807) is 0 Å². The van der Waals surface area contributed by atoms with E-state index < -0.39 is 0 Å². The van der Waals surface area contributed by atoms with Crippen LogP contribution in [0.15, 0.2) is 29.4 Å². The number of benzene rings is 1. The number of aromatic nitrogens is 1. The van der Waals surface area contributed by atoms with Crippen LogP contribution in [0.1, 0.15) is 37.3 Å². The van der Waals surface area contributed by atoms with E-state index >= 15 is 0 Å². The topological polar surface area (TPSA) is 70.7 Å². The Balaban J connectivity index is 1.41. The fourth-order valence-corrected chi connectivity index (χ4v) is 3.65. The number of ether oxygens (including phenoxy) is 2. The number of hydrogen-bond donors (Lipinski definition) is 3. The molecule has 0 aliphatic carbocycles. The third-order valence-corrected chi connectivity index (χ3v) is 5.12. The Labute approximate surface area is 168 Å². The highest BCUT2D eigenvalue weighted by Crippen LogP contribution is 2.22. The van der Waals surface area contributed by atoms with Gasteiger partial charge in [0.05, 0.1) is 6.10 Å². The predicted octanol–water partition coefficient (Wildman–Crippen LogP) is 3.16. The normalized spacial score (nSPS) is 15.9. The second kappa shape index (κ2) is 11.1. The molecule has 3 N–H and O–H groups in total. The molecule has 0 amide bonds. The molecule has 1 aliphatic rings. The van der Waals surface area contributed by atoms with E-state index in [1.807, 2.05) is 0 Å². The second-order valence-corrected chi connectivity index (χ2v) is 7.28. The fourth-order valence-electron chi connectivity index (χ4n) is 3.65. The quantitative estimate of drug-likeness (QED) is 0.352. The molecule has 1 aromatic heterocycles. The lowest BCUT2D eigenvalue weighted by molar-refractivity contribution is -0.0318. The Bertz CT molecular complexity index is 750. The molecule has 2 aromatic rings. The van der Waals surface area contributed by atoms with Crippen molar-refractivity contribution in [3.8, 4) is 0 Å². The SMILES string of the molecule is CCNC(=NCCCOC1CCOCC1)NCCc1c[nH]c2cccc(C)c12. The number of nitrogens with zero attached hydrogens (tertiary/aromatic N) is 1. The Morgan fingerprint density at radius 1 is 1.29 bits per heavy atom. The van der Waals surface area contributed by atoms with E-state index in [1.165, 1.54) is 22.0 Å². The molecule has 0 spiro atoms. The maximum Gasteiger partial charge on any atom is 0.191 e. The molecule has 3 rings (SSSR count). The minimum atomic E-state index is 0.365. The van der Waals surface area contributed by atoms with Gasteiger partial charge in [-0.15, -0.1) is 0 Å². The molecule has 0 unspecified atom stereocenters. The van der Waals surface area contributed by atoms with Crippen LogP contribution >= 0.6 is 0 Å². The smallest absolute Gasteiger partial charge is 0.191 e. The molecule has 1 aliphatic heterocycles. The number of aliphatic imine (C=N–C) groups is 1. The van der Waals surface area contributed by atoms with Crippen LogP contribution in [0, 0.1) is 6.92 Å². The van der Waals surface area contributed by atoms with Gasteiger partial charge >= 0.3 is 0 Å². The van der Waals surface area contributed by atoms with Crippen LogP contribution in [0.4, 0.5) is 0 Å². The Hall–Kier alpha value is -2.05. The molecule has 0 bridgehead atoms. The van der Waals surface area contributed by atoms with Gasteiger partial charge in [0.25, 0.3) is 0 Å². The van der Waals surface area contributed by atoms with Gasteiger partial charge in [0.2, 0.25) is 0 Å². The highest BCUT2D eigenvalue weighted by Gasteiger charge is 2.13. The van der Waals surface area contributed by atoms with Crippen molar-refractivity contribution in [3.63, 3.8) is 0 Å². The highest BCUT2D eigenvalue weighted by atomic mass is 16.5. The molecule has 154 valence electrons. The van der Waals surface area contributed by atoms with Crippen molar-refractivity contribution in [1.82, 2.24) is 15.6 Å². The van der Waals surface area contributed by atoms with E-state index in [0.29, 0.717) is 6.10 Å². The molecular weight excluding hydrogens is 352 g/mol. The maximum absolute atomic E-state index is 5.91. The van der Waals surface area contributed by atoms with E-state index in [2.05, 4.69) is 58.9 Å². The van der Waals surface area contributed by atoms with Crippen LogP contribution in [0.3, 0.4) is 0 Å². The molecule has 6 heteroatoms. The second-order valence-electron chi connectivity index (χ2n) is 7.28. The van der Waals surface area contributed by atoms with Gasteiger partial charge in [-0.25, -0.2) is 0 Å². The summed E-state index contributed by atoms with van der Waals surface area (Å²) in [6.45, 7) is 9.16. The van der Waals surface area contributed by atoms with Gasteiger partial charge in [0.15, 0.2) is 5.96 Å². The average Bonchev–Trinajstić information content (AvgIpc) is 3.13. The average molecular weight is 387 g/mol. The molecule has 1 fully saturated rings. The molecule has 0 atom stereocenters. The van der Waals surface area contributed by atoms with Crippen molar-refractivity contribution in [2.45, 2.75) is 45.6 Å². The number of fused-ring (bicyclic) bond motifs is 1. The zero-order valence-electron chi connectivity index (χ0n) is 17.2. The highest BCUT2D eigenvalue weighted by molar-refractivity contribution is 5.86. The molecule has 6 nitrogen and oxygen atoms in total. The number of H-pyrrole nitrogens is 1. The molecule has 28 heavy (non-hydrogen) atoms. The summed E-state index contributed by atoms with van der Waals surface area (Å²) in [4.78, 5) is 8.05. The van der Waals surface area contributed by atoms with Gasteiger partial charge in [0.1, 0.15) is 0 Å². The van der Waals surface area contributed by atoms with Gasteiger partial charge in [-0.05, 0) is 56.7 Å². The first kappa shape index (κ1) is 20.7. The van der Waals surface area contributed by atoms with Crippen molar-refractivity contribution < 1.29 is 9.47 Å². The van der Waals surface area contributed by atoms with Crippen LogP contribution in [0.25, 0.3) is 10.9 Å². The zero-order valence-corrected chi connectivity index (χ0v) is 17.2. The van der Waals surface area contributed by atoms with Crippen LogP contribution < -0.4 is 10.6 Å². The molecule has 1 aromatic carbocycles. The molecule has 0 radical (unpaired) electrons. The van der Waals surface area contributed by atoms with Crippen LogP contribution in [0.5, 0.6) is 0 Å². The summed E-state index contributed by atoms with van der Waals surface area (Å²) >= 11 is 0. The van der Waals surface area contributed by atoms with E-state index in [4.69, 9.17) is 9.47 Å². The van der Waals surface area contributed by atoms with Crippen molar-refractivity contribution in [1.29, 1.82) is 0 Å². The van der Waals surface area contributed by atoms with E-state index in [0.717, 1.165) is 71.1 Å². The molecule has 0 saturated carbocycles. The number of aryl methyl sites for hydroxylation is 1. The first-order chi connectivity index (χ1) is 13.8. The Kier molecular flexibility index (Phi) is 8.18. The van der Waals surface area contributed by atoms with Crippen LogP contribution in [0.2, 0.25) is 0 Å². The minimum absolute atomic E-state index is 0.365. The number of aromatic amines is 1. The van der Waals surface area contributed by atoms with Crippen molar-refractivity contribution in [2.24, 2.45) is 4.99 Å². The van der Waals surface area contributed by atoms with Crippen molar-refractivity contribution in [2.75, 3.05) is 39.5 Å². The van der Waals surface area contributed by atoms with Gasteiger partial charge in [-0.3, -0.25) is 4.99 Å². The molecule has 1 saturated heterocycles. The molecular formula is C22H34N4O2. The Morgan fingerprint density at radius 2 is 2.14 bits per heavy atom. The fraction of sp³-hybridized carbons (Fsp3) is 0.591. The summed E-state index contributed by atoms with van der Waals surface area (Å²) in [6.07, 6.45) is 6.42. The maximum atomic E-state index is 5.91. The summed E-state index contributed by atoms with van der Waals surface area (Å²) in [5, 5.41) is 8.12. The number of nitrogens with one attached hydrogen (secondary N) is 3. The van der Waals surface area contributed by atoms with E-state index in [-0.39, 0.29) is 0 Å². The summed E-state index contributed by atoms with van der Waals surface area (Å²) in [5.74, 6) is 0.880.